The first-order valence-electron chi connectivity index (χ1n) is 9.98. The number of benzene rings is 1. The van der Waals surface area contributed by atoms with Crippen molar-refractivity contribution < 1.29 is 27.8 Å². The molecule has 0 aliphatic carbocycles. The minimum Gasteiger partial charge on any atom is -0.443 e. The first kappa shape index (κ1) is 25.6. The third-order valence-corrected chi connectivity index (χ3v) is 4.00. The number of aryl methyl sites for hydroxylation is 1. The second-order valence-electron chi connectivity index (χ2n) is 9.30. The normalized spacial score (nSPS) is 11.8. The zero-order chi connectivity index (χ0) is 25.3. The lowest BCUT2D eigenvalue weighted by molar-refractivity contribution is 0.0428. The Bertz CT molecular complexity index is 1080. The van der Waals surface area contributed by atoms with E-state index in [1.165, 1.54) is 6.07 Å². The molecule has 0 atom stereocenters. The number of nitrogen functional groups attached to an aromatic ring is 1. The highest BCUT2D eigenvalue weighted by atomic mass is 19.3. The number of alkyl halides is 2. The van der Waals surface area contributed by atoms with Gasteiger partial charge in [0.05, 0.1) is 11.9 Å². The lowest BCUT2D eigenvalue weighted by Gasteiger charge is -2.27. The van der Waals surface area contributed by atoms with Crippen molar-refractivity contribution in [3.8, 4) is 11.8 Å². The predicted octanol–water partition coefficient (Wildman–Crippen LogP) is 5.25. The Balaban J connectivity index is 2.72. The molecule has 0 aliphatic rings. The molecule has 2 N–H and O–H groups in total. The molecule has 2 amide bonds. The summed E-state index contributed by atoms with van der Waals surface area (Å²) in [7, 11) is 0. The summed E-state index contributed by atoms with van der Waals surface area (Å²) in [5.41, 5.74) is 3.53. The van der Waals surface area contributed by atoms with E-state index in [2.05, 4.69) is 5.10 Å². The van der Waals surface area contributed by atoms with Crippen LogP contribution in [-0.4, -0.2) is 33.2 Å². The fourth-order valence-electron chi connectivity index (χ4n) is 2.90. The zero-order valence-electron chi connectivity index (χ0n) is 19.6. The van der Waals surface area contributed by atoms with Gasteiger partial charge < -0.3 is 15.2 Å². The summed E-state index contributed by atoms with van der Waals surface area (Å²) >= 11 is 0. The number of nitrogens with zero attached hydrogens (tertiary/aromatic N) is 4. The molecule has 2 aromatic rings. The Morgan fingerprint density at radius 1 is 1.12 bits per heavy atom. The largest absolute Gasteiger partial charge is 0.443 e. The van der Waals surface area contributed by atoms with Gasteiger partial charge in [-0.1, -0.05) is 0 Å². The highest BCUT2D eigenvalue weighted by Gasteiger charge is 2.36. The summed E-state index contributed by atoms with van der Waals surface area (Å²) in [6.07, 6.45) is -4.03. The van der Waals surface area contributed by atoms with Crippen LogP contribution in [0.1, 0.15) is 64.7 Å². The van der Waals surface area contributed by atoms with Gasteiger partial charge in [-0.25, -0.2) is 23.1 Å². The van der Waals surface area contributed by atoms with Crippen LogP contribution >= 0.6 is 0 Å². The van der Waals surface area contributed by atoms with Crippen LogP contribution in [0.3, 0.4) is 0 Å². The van der Waals surface area contributed by atoms with E-state index in [0.29, 0.717) is 10.5 Å². The summed E-state index contributed by atoms with van der Waals surface area (Å²) in [6, 6.07) is 4.39. The van der Waals surface area contributed by atoms with Gasteiger partial charge in [-0.3, -0.25) is 0 Å². The van der Waals surface area contributed by atoms with Gasteiger partial charge in [0.15, 0.2) is 5.82 Å². The lowest BCUT2D eigenvalue weighted by atomic mass is 10.1. The third-order valence-electron chi connectivity index (χ3n) is 4.00. The van der Waals surface area contributed by atoms with Crippen molar-refractivity contribution in [2.24, 2.45) is 0 Å². The number of anilines is 2. The van der Waals surface area contributed by atoms with Crippen molar-refractivity contribution in [1.82, 2.24) is 9.78 Å². The van der Waals surface area contributed by atoms with Gasteiger partial charge in [-0.2, -0.15) is 10.2 Å². The number of nitrogens with two attached hydrogens (primary N) is 1. The maximum absolute atomic E-state index is 13.7. The smallest absolute Gasteiger partial charge is 0.425 e. The molecule has 0 radical (unpaired) electrons. The number of hydrogen-bond donors (Lipinski definition) is 1. The maximum atomic E-state index is 13.7. The SMILES string of the molecule is Cc1cc(N)cc(C(F)F)c1-n1cc(C#N)c(N(C(=O)OC(C)(C)C)C(=O)OC(C)(C)C)n1. The summed E-state index contributed by atoms with van der Waals surface area (Å²) in [5.74, 6) is -0.419. The van der Waals surface area contributed by atoms with E-state index in [4.69, 9.17) is 15.2 Å². The second kappa shape index (κ2) is 9.05. The average Bonchev–Trinajstić information content (AvgIpc) is 3.01. The predicted molar refractivity (Wildman–Crippen MR) is 117 cm³/mol. The molecule has 11 heteroatoms. The van der Waals surface area contributed by atoms with Crippen molar-refractivity contribution in [2.75, 3.05) is 10.6 Å². The number of carbonyl (C=O) groups excluding carboxylic acids is 2. The van der Waals surface area contributed by atoms with E-state index < -0.39 is 41.2 Å². The number of ether oxygens (including phenoxy) is 2. The average molecular weight is 463 g/mol. The van der Waals surface area contributed by atoms with Crippen LogP contribution in [0.15, 0.2) is 18.3 Å². The Kier molecular flexibility index (Phi) is 7.02. The Morgan fingerprint density at radius 2 is 1.64 bits per heavy atom. The standard InChI is InChI=1S/C22H27F2N5O4/c1-12-8-14(26)9-15(17(23)24)16(12)28-11-13(10-25)18(27-28)29(19(30)32-21(2,3)4)20(31)33-22(5,6)7/h8-9,11,17H,26H2,1-7H3. The molecule has 2 rings (SSSR count). The monoisotopic (exact) mass is 463 g/mol. The summed E-state index contributed by atoms with van der Waals surface area (Å²) < 4.78 is 39.1. The third kappa shape index (κ3) is 6.19. The van der Waals surface area contributed by atoms with Crippen molar-refractivity contribution in [2.45, 2.75) is 66.1 Å². The van der Waals surface area contributed by atoms with Crippen molar-refractivity contribution >= 4 is 23.7 Å². The van der Waals surface area contributed by atoms with Gasteiger partial charge in [0, 0.05) is 11.3 Å². The van der Waals surface area contributed by atoms with Crippen molar-refractivity contribution in [3.63, 3.8) is 0 Å². The molecule has 0 saturated heterocycles. The van der Waals surface area contributed by atoms with Crippen LogP contribution in [0.5, 0.6) is 0 Å². The molecule has 0 fully saturated rings. The number of carbonyl (C=O) groups is 2. The number of rotatable bonds is 3. The highest BCUT2D eigenvalue weighted by Crippen LogP contribution is 2.33. The summed E-state index contributed by atoms with van der Waals surface area (Å²) in [5, 5.41) is 13.8. The first-order valence-corrected chi connectivity index (χ1v) is 9.98. The highest BCUT2D eigenvalue weighted by molar-refractivity contribution is 6.09. The zero-order valence-corrected chi connectivity index (χ0v) is 19.6. The quantitative estimate of drug-likeness (QED) is 0.617. The fourth-order valence-corrected chi connectivity index (χ4v) is 2.90. The fraction of sp³-hybridized carbons (Fsp3) is 0.455. The number of nitriles is 1. The van der Waals surface area contributed by atoms with Gasteiger partial charge in [0.1, 0.15) is 22.8 Å². The van der Waals surface area contributed by atoms with Crippen LogP contribution in [0.2, 0.25) is 0 Å². The molecule has 1 heterocycles. The molecule has 178 valence electrons. The minimum absolute atomic E-state index is 0.0322. The Labute approximate surface area is 190 Å². The van der Waals surface area contributed by atoms with E-state index in [0.717, 1.165) is 16.9 Å². The molecule has 0 bridgehead atoms. The van der Waals surface area contributed by atoms with E-state index >= 15 is 0 Å². The minimum atomic E-state index is -2.90. The van der Waals surface area contributed by atoms with Crippen LogP contribution in [0.25, 0.3) is 5.69 Å². The van der Waals surface area contributed by atoms with Crippen LogP contribution in [0.4, 0.5) is 29.9 Å². The van der Waals surface area contributed by atoms with Crippen molar-refractivity contribution in [3.05, 3.63) is 35.0 Å². The van der Waals surface area contributed by atoms with E-state index in [1.54, 1.807) is 48.5 Å². The van der Waals surface area contributed by atoms with Gasteiger partial charge >= 0.3 is 12.2 Å². The lowest BCUT2D eigenvalue weighted by Crippen LogP contribution is -2.44. The second-order valence-corrected chi connectivity index (χ2v) is 9.30. The van der Waals surface area contributed by atoms with Gasteiger partial charge in [0.25, 0.3) is 6.43 Å². The van der Waals surface area contributed by atoms with Crippen molar-refractivity contribution in [1.29, 1.82) is 5.26 Å². The van der Waals surface area contributed by atoms with Crippen LogP contribution in [-0.2, 0) is 9.47 Å². The first-order chi connectivity index (χ1) is 15.0. The number of amides is 2. The molecule has 0 spiro atoms. The summed E-state index contributed by atoms with van der Waals surface area (Å²) in [4.78, 5) is 26.3. The Morgan fingerprint density at radius 3 is 2.06 bits per heavy atom. The molecule has 1 aromatic heterocycles. The summed E-state index contributed by atoms with van der Waals surface area (Å²) in [6.45, 7) is 11.1. The van der Waals surface area contributed by atoms with Gasteiger partial charge in [0.2, 0.25) is 0 Å². The molecular weight excluding hydrogens is 436 g/mol. The molecule has 0 saturated carbocycles. The Hall–Kier alpha value is -3.68. The molecule has 9 nitrogen and oxygen atoms in total. The van der Waals surface area contributed by atoms with E-state index in [9.17, 15) is 23.6 Å². The molecule has 0 aliphatic heterocycles. The van der Waals surface area contributed by atoms with E-state index in [-0.39, 0.29) is 16.9 Å². The molecule has 0 unspecified atom stereocenters. The van der Waals surface area contributed by atoms with Crippen LogP contribution < -0.4 is 10.6 Å². The molecular formula is C22H27F2N5O4. The topological polar surface area (TPSA) is 123 Å². The van der Waals surface area contributed by atoms with Crippen LogP contribution in [0, 0.1) is 18.3 Å². The number of hydrogen-bond acceptors (Lipinski definition) is 7. The van der Waals surface area contributed by atoms with Gasteiger partial charge in [-0.05, 0) is 66.2 Å². The molecule has 1 aromatic carbocycles. The number of halogens is 2. The van der Waals surface area contributed by atoms with E-state index in [1.807, 2.05) is 6.07 Å². The van der Waals surface area contributed by atoms with Gasteiger partial charge in [-0.15, -0.1) is 5.10 Å². The number of imide groups is 1. The molecule has 33 heavy (non-hydrogen) atoms. The maximum Gasteiger partial charge on any atom is 0.425 e. The number of aromatic nitrogens is 2.